The third kappa shape index (κ3) is 3.60. The summed E-state index contributed by atoms with van der Waals surface area (Å²) in [7, 11) is 1.65. The number of hydrogen-bond donors (Lipinski definition) is 2. The number of thiocarbonyl (C=S) groups is 1. The van der Waals surface area contributed by atoms with Crippen LogP contribution in [-0.4, -0.2) is 18.1 Å². The van der Waals surface area contributed by atoms with Crippen molar-refractivity contribution < 1.29 is 4.74 Å². The van der Waals surface area contributed by atoms with Gasteiger partial charge >= 0.3 is 0 Å². The second kappa shape index (κ2) is 6.59. The Morgan fingerprint density at radius 2 is 2.11 bits per heavy atom. The van der Waals surface area contributed by atoms with Crippen molar-refractivity contribution in [2.75, 3.05) is 12.4 Å². The first-order valence-electron chi connectivity index (χ1n) is 6.24. The third-order valence-electron chi connectivity index (χ3n) is 3.37. The van der Waals surface area contributed by atoms with Gasteiger partial charge in [0, 0.05) is 23.4 Å². The summed E-state index contributed by atoms with van der Waals surface area (Å²) in [6, 6.07) is 6.06. The van der Waals surface area contributed by atoms with Gasteiger partial charge in [0.15, 0.2) is 0 Å². The maximum Gasteiger partial charge on any atom is 0.120 e. The topological polar surface area (TPSA) is 47.3 Å². The van der Waals surface area contributed by atoms with Crippen molar-refractivity contribution in [2.24, 2.45) is 11.7 Å². The van der Waals surface area contributed by atoms with E-state index in [1.807, 2.05) is 18.2 Å². The summed E-state index contributed by atoms with van der Waals surface area (Å²) >= 11 is 5.07. The number of rotatable bonds is 6. The lowest BCUT2D eigenvalue weighted by molar-refractivity contribution is 0.414. The molecule has 100 valence electrons. The van der Waals surface area contributed by atoms with E-state index < -0.39 is 0 Å². The SMILES string of the molecule is CCC(C)C(C)Nc1cc(OC)ccc1C(N)=S. The Balaban J connectivity index is 3.00. The standard InChI is InChI=1S/C14H22N2OS/c1-5-9(2)10(3)16-13-8-11(17-4)6-7-12(13)14(15)18/h6-10,16H,5H2,1-4H3,(H2,15,18). The Morgan fingerprint density at radius 3 is 2.61 bits per heavy atom. The average molecular weight is 266 g/mol. The normalized spacial score (nSPS) is 13.8. The number of nitrogens with one attached hydrogen (secondary N) is 1. The quantitative estimate of drug-likeness (QED) is 0.776. The fraction of sp³-hybridized carbons (Fsp3) is 0.500. The van der Waals surface area contributed by atoms with Crippen LogP contribution < -0.4 is 15.8 Å². The van der Waals surface area contributed by atoms with Crippen LogP contribution in [0.4, 0.5) is 5.69 Å². The molecule has 0 aliphatic heterocycles. The zero-order valence-electron chi connectivity index (χ0n) is 11.5. The predicted molar refractivity (Wildman–Crippen MR) is 81.4 cm³/mol. The van der Waals surface area contributed by atoms with Crippen molar-refractivity contribution >= 4 is 22.9 Å². The highest BCUT2D eigenvalue weighted by Crippen LogP contribution is 2.24. The lowest BCUT2D eigenvalue weighted by Crippen LogP contribution is -2.25. The second-order valence-electron chi connectivity index (χ2n) is 4.59. The lowest BCUT2D eigenvalue weighted by atomic mass is 10.00. The highest BCUT2D eigenvalue weighted by Gasteiger charge is 2.13. The van der Waals surface area contributed by atoms with Gasteiger partial charge in [-0.1, -0.05) is 32.5 Å². The largest absolute Gasteiger partial charge is 0.497 e. The molecule has 0 fully saturated rings. The van der Waals surface area contributed by atoms with E-state index in [-0.39, 0.29) is 0 Å². The molecule has 1 aromatic carbocycles. The smallest absolute Gasteiger partial charge is 0.120 e. The molecule has 2 atom stereocenters. The Morgan fingerprint density at radius 1 is 1.44 bits per heavy atom. The zero-order valence-corrected chi connectivity index (χ0v) is 12.3. The molecule has 3 nitrogen and oxygen atoms in total. The van der Waals surface area contributed by atoms with Crippen LogP contribution in [0.3, 0.4) is 0 Å². The molecular weight excluding hydrogens is 244 g/mol. The van der Waals surface area contributed by atoms with E-state index in [2.05, 4.69) is 26.1 Å². The molecule has 0 saturated carbocycles. The summed E-state index contributed by atoms with van der Waals surface area (Å²) in [4.78, 5) is 0.400. The molecule has 0 radical (unpaired) electrons. The fourth-order valence-electron chi connectivity index (χ4n) is 1.73. The summed E-state index contributed by atoms with van der Waals surface area (Å²) < 4.78 is 5.23. The summed E-state index contributed by atoms with van der Waals surface area (Å²) in [5.41, 5.74) is 7.54. The van der Waals surface area contributed by atoms with Crippen molar-refractivity contribution in [1.29, 1.82) is 0 Å². The van der Waals surface area contributed by atoms with Gasteiger partial charge in [0.2, 0.25) is 0 Å². The molecule has 0 bridgehead atoms. The third-order valence-corrected chi connectivity index (χ3v) is 3.59. The van der Waals surface area contributed by atoms with Gasteiger partial charge in [-0.05, 0) is 25.0 Å². The molecule has 0 aliphatic carbocycles. The molecule has 4 heteroatoms. The Bertz CT molecular complexity index is 420. The first kappa shape index (κ1) is 14.8. The van der Waals surface area contributed by atoms with Crippen LogP contribution in [-0.2, 0) is 0 Å². The van der Waals surface area contributed by atoms with Crippen LogP contribution in [0, 0.1) is 5.92 Å². The summed E-state index contributed by atoms with van der Waals surface area (Å²) in [6.45, 7) is 6.57. The van der Waals surface area contributed by atoms with Gasteiger partial charge < -0.3 is 15.8 Å². The number of ether oxygens (including phenoxy) is 1. The Kier molecular flexibility index (Phi) is 5.41. The monoisotopic (exact) mass is 266 g/mol. The van der Waals surface area contributed by atoms with E-state index >= 15 is 0 Å². The van der Waals surface area contributed by atoms with Crippen LogP contribution in [0.5, 0.6) is 5.75 Å². The van der Waals surface area contributed by atoms with Crippen molar-refractivity contribution in [3.05, 3.63) is 23.8 Å². The van der Waals surface area contributed by atoms with Crippen LogP contribution in [0.25, 0.3) is 0 Å². The van der Waals surface area contributed by atoms with Crippen molar-refractivity contribution in [1.82, 2.24) is 0 Å². The Labute approximate surface area is 115 Å². The Hall–Kier alpha value is -1.29. The number of methoxy groups -OCH3 is 1. The summed E-state index contributed by atoms with van der Waals surface area (Å²) in [5.74, 6) is 1.38. The van der Waals surface area contributed by atoms with E-state index in [4.69, 9.17) is 22.7 Å². The van der Waals surface area contributed by atoms with E-state index in [0.717, 1.165) is 23.4 Å². The fourth-order valence-corrected chi connectivity index (χ4v) is 1.90. The molecule has 0 spiro atoms. The minimum atomic E-state index is 0.357. The maximum absolute atomic E-state index is 5.74. The van der Waals surface area contributed by atoms with Crippen LogP contribution in [0.1, 0.15) is 32.8 Å². The van der Waals surface area contributed by atoms with Gasteiger partial charge in [-0.2, -0.15) is 0 Å². The molecule has 0 aromatic heterocycles. The molecule has 0 aliphatic rings. The number of hydrogen-bond acceptors (Lipinski definition) is 3. The molecule has 2 unspecified atom stereocenters. The van der Waals surface area contributed by atoms with Gasteiger partial charge in [-0.25, -0.2) is 0 Å². The molecule has 0 saturated heterocycles. The van der Waals surface area contributed by atoms with Gasteiger partial charge in [0.25, 0.3) is 0 Å². The minimum Gasteiger partial charge on any atom is -0.497 e. The first-order chi connectivity index (χ1) is 8.49. The second-order valence-corrected chi connectivity index (χ2v) is 5.03. The number of nitrogens with two attached hydrogens (primary N) is 1. The van der Waals surface area contributed by atoms with Crippen molar-refractivity contribution in [2.45, 2.75) is 33.2 Å². The van der Waals surface area contributed by atoms with Gasteiger partial charge in [0.05, 0.1) is 7.11 Å². The van der Waals surface area contributed by atoms with Gasteiger partial charge in [0.1, 0.15) is 10.7 Å². The molecule has 1 aromatic rings. The van der Waals surface area contributed by atoms with E-state index in [9.17, 15) is 0 Å². The molecule has 0 heterocycles. The van der Waals surface area contributed by atoms with E-state index in [0.29, 0.717) is 16.9 Å². The average Bonchev–Trinajstić information content (AvgIpc) is 2.37. The van der Waals surface area contributed by atoms with Crippen molar-refractivity contribution in [3.63, 3.8) is 0 Å². The van der Waals surface area contributed by atoms with Crippen LogP contribution in [0.2, 0.25) is 0 Å². The minimum absolute atomic E-state index is 0.357. The molecule has 18 heavy (non-hydrogen) atoms. The van der Waals surface area contributed by atoms with E-state index in [1.54, 1.807) is 7.11 Å². The summed E-state index contributed by atoms with van der Waals surface area (Å²) in [6.07, 6.45) is 1.13. The predicted octanol–water partition coefficient (Wildman–Crippen LogP) is 3.18. The van der Waals surface area contributed by atoms with Crippen LogP contribution in [0.15, 0.2) is 18.2 Å². The zero-order chi connectivity index (χ0) is 13.7. The highest BCUT2D eigenvalue weighted by molar-refractivity contribution is 7.80. The maximum atomic E-state index is 5.74. The van der Waals surface area contributed by atoms with Crippen LogP contribution >= 0.6 is 12.2 Å². The van der Waals surface area contributed by atoms with Crippen molar-refractivity contribution in [3.8, 4) is 5.75 Å². The lowest BCUT2D eigenvalue weighted by Gasteiger charge is -2.23. The summed E-state index contributed by atoms with van der Waals surface area (Å²) in [5, 5.41) is 3.47. The molecule has 0 amide bonds. The molecular formula is C14H22N2OS. The number of benzene rings is 1. The molecule has 1 rings (SSSR count). The van der Waals surface area contributed by atoms with Gasteiger partial charge in [-0.3, -0.25) is 0 Å². The van der Waals surface area contributed by atoms with Gasteiger partial charge in [-0.15, -0.1) is 0 Å². The number of anilines is 1. The van der Waals surface area contributed by atoms with E-state index in [1.165, 1.54) is 0 Å². The highest BCUT2D eigenvalue weighted by atomic mass is 32.1. The first-order valence-corrected chi connectivity index (χ1v) is 6.64. The molecule has 3 N–H and O–H groups in total.